The summed E-state index contributed by atoms with van der Waals surface area (Å²) in [6.07, 6.45) is 0. The third-order valence-corrected chi connectivity index (χ3v) is 4.27. The van der Waals surface area contributed by atoms with Crippen LogP contribution >= 0.6 is 8.53 Å². The van der Waals surface area contributed by atoms with E-state index in [4.69, 9.17) is 14.2 Å². The van der Waals surface area contributed by atoms with Crippen LogP contribution in [0.3, 0.4) is 0 Å². The molecule has 0 aliphatic heterocycles. The highest BCUT2D eigenvalue weighted by molar-refractivity contribution is 7.45. The number of carbonyl (C=O) groups is 1. The van der Waals surface area contributed by atoms with Gasteiger partial charge in [0.25, 0.3) is 0 Å². The molecule has 0 heterocycles. The van der Waals surface area contributed by atoms with Crippen molar-refractivity contribution in [1.29, 1.82) is 0 Å². The summed E-state index contributed by atoms with van der Waals surface area (Å²) in [6.45, 7) is 1.17. The third kappa shape index (κ3) is 4.39. The molecule has 0 amide bonds. The number of halogens is 5. The van der Waals surface area contributed by atoms with Crippen molar-refractivity contribution in [3.63, 3.8) is 0 Å². The first kappa shape index (κ1) is 19.9. The topological polar surface area (TPSA) is 67.8 Å². The van der Waals surface area contributed by atoms with Gasteiger partial charge in [0.2, 0.25) is 34.8 Å². The largest absolute Gasteiger partial charge is 0.480 e. The van der Waals surface area contributed by atoms with Crippen LogP contribution in [-0.4, -0.2) is 17.1 Å². The molecule has 11 heteroatoms. The van der Waals surface area contributed by atoms with Crippen LogP contribution in [0.2, 0.25) is 0 Å². The first-order valence-electron chi connectivity index (χ1n) is 6.94. The minimum Gasteiger partial charge on any atom is -0.480 e. The Morgan fingerprint density at radius 1 is 0.962 bits per heavy atom. The van der Waals surface area contributed by atoms with Gasteiger partial charge >= 0.3 is 14.5 Å². The summed E-state index contributed by atoms with van der Waals surface area (Å²) in [7, 11) is -2.62. The summed E-state index contributed by atoms with van der Waals surface area (Å²) in [5, 5.41) is 11.2. The SMILES string of the molecule is CC(NP(Oc1ccccc1)Oc1c(F)c(F)c(F)c(F)c1F)C(=O)O. The molecule has 0 radical (unpaired) electrons. The van der Waals surface area contributed by atoms with Crippen molar-refractivity contribution in [2.24, 2.45) is 0 Å². The maximum Gasteiger partial charge on any atom is 0.382 e. The molecule has 0 bridgehead atoms. The van der Waals surface area contributed by atoms with Crippen LogP contribution in [0.5, 0.6) is 11.5 Å². The molecule has 140 valence electrons. The number of carboxylic acids is 1. The average molecular weight is 395 g/mol. The number of para-hydroxylation sites is 1. The standard InChI is InChI=1S/C15H11F5NO4P/c1-7(15(22)23)21-26(24-8-5-3-2-4-6-8)25-14-12(19)10(17)9(16)11(18)13(14)20/h2-7,21H,1H3,(H,22,23). The van der Waals surface area contributed by atoms with Crippen molar-refractivity contribution < 1.29 is 40.9 Å². The van der Waals surface area contributed by atoms with Gasteiger partial charge in [0, 0.05) is 0 Å². The van der Waals surface area contributed by atoms with Crippen LogP contribution in [0.15, 0.2) is 30.3 Å². The second-order valence-corrected chi connectivity index (χ2v) is 5.98. The fourth-order valence-corrected chi connectivity index (χ4v) is 2.82. The van der Waals surface area contributed by atoms with Crippen molar-refractivity contribution in [2.45, 2.75) is 13.0 Å². The number of rotatable bonds is 7. The number of nitrogens with one attached hydrogen (secondary N) is 1. The van der Waals surface area contributed by atoms with Gasteiger partial charge in [-0.1, -0.05) is 18.2 Å². The Bertz CT molecular complexity index is 779. The normalized spacial score (nSPS) is 13.2. The van der Waals surface area contributed by atoms with Crippen molar-refractivity contribution in [3.8, 4) is 11.5 Å². The summed E-state index contributed by atoms with van der Waals surface area (Å²) in [5.74, 6) is -13.9. The fourth-order valence-electron chi connectivity index (χ4n) is 1.61. The van der Waals surface area contributed by atoms with Gasteiger partial charge in [0.1, 0.15) is 11.8 Å². The summed E-state index contributed by atoms with van der Waals surface area (Å²) in [6, 6.07) is 6.26. The monoisotopic (exact) mass is 395 g/mol. The predicted octanol–water partition coefficient (Wildman–Crippen LogP) is 4.13. The van der Waals surface area contributed by atoms with E-state index in [1.54, 1.807) is 18.2 Å². The lowest BCUT2D eigenvalue weighted by molar-refractivity contribution is -0.138. The van der Waals surface area contributed by atoms with E-state index in [9.17, 15) is 26.7 Å². The zero-order valence-corrected chi connectivity index (χ0v) is 13.9. The molecule has 5 nitrogen and oxygen atoms in total. The van der Waals surface area contributed by atoms with Gasteiger partial charge in [0.05, 0.1) is 0 Å². The molecular weight excluding hydrogens is 384 g/mol. The summed E-state index contributed by atoms with van der Waals surface area (Å²) in [5.41, 5.74) is 0. The highest BCUT2D eigenvalue weighted by atomic mass is 31.2. The minimum atomic E-state index is -2.62. The molecule has 0 aliphatic rings. The summed E-state index contributed by atoms with van der Waals surface area (Å²) < 4.78 is 77.2. The lowest BCUT2D eigenvalue weighted by Gasteiger charge is -2.21. The fraction of sp³-hybridized carbons (Fsp3) is 0.133. The van der Waals surface area contributed by atoms with E-state index >= 15 is 0 Å². The van der Waals surface area contributed by atoms with E-state index in [1.165, 1.54) is 19.1 Å². The van der Waals surface area contributed by atoms with Crippen LogP contribution in [-0.2, 0) is 4.79 Å². The number of hydrogen-bond donors (Lipinski definition) is 2. The van der Waals surface area contributed by atoms with Gasteiger partial charge in [-0.3, -0.25) is 4.79 Å². The Morgan fingerprint density at radius 3 is 1.96 bits per heavy atom. The smallest absolute Gasteiger partial charge is 0.382 e. The van der Waals surface area contributed by atoms with Crippen LogP contribution in [0, 0.1) is 29.1 Å². The van der Waals surface area contributed by atoms with Crippen LogP contribution in [0.1, 0.15) is 6.92 Å². The summed E-state index contributed by atoms with van der Waals surface area (Å²) in [4.78, 5) is 10.9. The average Bonchev–Trinajstić information content (AvgIpc) is 2.62. The number of aliphatic carboxylic acids is 1. The van der Waals surface area contributed by atoms with Gasteiger partial charge < -0.3 is 14.2 Å². The number of carboxylic acid groups (broad SMARTS) is 1. The van der Waals surface area contributed by atoms with Crippen molar-refractivity contribution in [1.82, 2.24) is 5.09 Å². The molecule has 0 fully saturated rings. The van der Waals surface area contributed by atoms with Crippen molar-refractivity contribution in [2.75, 3.05) is 0 Å². The molecule has 2 aromatic carbocycles. The molecule has 0 saturated carbocycles. The second kappa shape index (κ2) is 8.29. The van der Waals surface area contributed by atoms with E-state index in [2.05, 4.69) is 5.09 Å². The molecule has 2 unspecified atom stereocenters. The highest BCUT2D eigenvalue weighted by Crippen LogP contribution is 2.41. The lowest BCUT2D eigenvalue weighted by atomic mass is 10.3. The maximum atomic E-state index is 13.8. The predicted molar refractivity (Wildman–Crippen MR) is 81.1 cm³/mol. The molecule has 2 N–H and O–H groups in total. The third-order valence-electron chi connectivity index (χ3n) is 2.94. The van der Waals surface area contributed by atoms with E-state index in [0.717, 1.165) is 0 Å². The Balaban J connectivity index is 2.36. The zero-order valence-electron chi connectivity index (χ0n) is 13.0. The first-order chi connectivity index (χ1) is 12.2. The minimum absolute atomic E-state index is 0.118. The van der Waals surface area contributed by atoms with Crippen molar-refractivity contribution in [3.05, 3.63) is 59.4 Å². The first-order valence-corrected chi connectivity index (χ1v) is 8.11. The Kier molecular flexibility index (Phi) is 6.33. The zero-order chi connectivity index (χ0) is 19.4. The molecule has 2 atom stereocenters. The van der Waals surface area contributed by atoms with Gasteiger partial charge in [-0.15, -0.1) is 0 Å². The molecule has 0 aromatic heterocycles. The quantitative estimate of drug-likeness (QED) is 0.319. The molecule has 2 rings (SSSR count). The Labute approximate surface area is 145 Å². The Hall–Kier alpha value is -2.45. The summed E-state index contributed by atoms with van der Waals surface area (Å²) >= 11 is 0. The number of hydrogen-bond acceptors (Lipinski definition) is 4. The molecule has 0 saturated heterocycles. The van der Waals surface area contributed by atoms with E-state index < -0.39 is 55.4 Å². The van der Waals surface area contributed by atoms with Crippen LogP contribution in [0.25, 0.3) is 0 Å². The van der Waals surface area contributed by atoms with Gasteiger partial charge in [-0.25, -0.2) is 18.3 Å². The van der Waals surface area contributed by atoms with Crippen LogP contribution < -0.4 is 14.1 Å². The van der Waals surface area contributed by atoms with Gasteiger partial charge in [0.15, 0.2) is 0 Å². The molecule has 0 aliphatic carbocycles. The molecule has 26 heavy (non-hydrogen) atoms. The van der Waals surface area contributed by atoms with E-state index in [0.29, 0.717) is 0 Å². The van der Waals surface area contributed by atoms with Gasteiger partial charge in [-0.05, 0) is 19.1 Å². The van der Waals surface area contributed by atoms with E-state index in [-0.39, 0.29) is 5.75 Å². The molecular formula is C15H11F5NO4P. The maximum absolute atomic E-state index is 13.8. The molecule has 0 spiro atoms. The lowest BCUT2D eigenvalue weighted by Crippen LogP contribution is -2.32. The van der Waals surface area contributed by atoms with Crippen LogP contribution in [0.4, 0.5) is 22.0 Å². The number of benzene rings is 2. The van der Waals surface area contributed by atoms with Crippen molar-refractivity contribution >= 4 is 14.5 Å². The molecule has 2 aromatic rings. The Morgan fingerprint density at radius 2 is 1.46 bits per heavy atom. The van der Waals surface area contributed by atoms with Gasteiger partial charge in [-0.2, -0.15) is 8.78 Å². The second-order valence-electron chi connectivity index (χ2n) is 4.84. The highest BCUT2D eigenvalue weighted by Gasteiger charge is 2.31. The van der Waals surface area contributed by atoms with E-state index in [1.807, 2.05) is 0 Å².